The van der Waals surface area contributed by atoms with E-state index in [4.69, 9.17) is 0 Å². The Kier molecular flexibility index (Phi) is 5.44. The summed E-state index contributed by atoms with van der Waals surface area (Å²) < 4.78 is 38.0. The van der Waals surface area contributed by atoms with E-state index in [1.165, 1.54) is 12.1 Å². The molecule has 0 aliphatic rings. The minimum Gasteiger partial charge on any atom is -0.388 e. The number of hydrogen-bond donors (Lipinski definition) is 2. The molecule has 1 aromatic heterocycles. The van der Waals surface area contributed by atoms with Crippen molar-refractivity contribution in [3.63, 3.8) is 0 Å². The second-order valence-electron chi connectivity index (χ2n) is 6.93. The summed E-state index contributed by atoms with van der Waals surface area (Å²) >= 11 is 0. The zero-order valence-corrected chi connectivity index (χ0v) is 16.1. The monoisotopic (exact) mass is 422 g/mol. The minimum absolute atomic E-state index is 0.361. The maximum absolute atomic E-state index is 12.7. The zero-order chi connectivity index (χ0) is 22.0. The van der Waals surface area contributed by atoms with Gasteiger partial charge in [0, 0.05) is 5.56 Å². The second kappa shape index (κ2) is 8.20. The van der Waals surface area contributed by atoms with Gasteiger partial charge in [-0.3, -0.25) is 4.79 Å². The molecule has 0 aliphatic heterocycles. The molecular weight excluding hydrogens is 405 g/mol. The first kappa shape index (κ1) is 20.6. The number of Topliss-reactive ketones (excluding diaryl/α,β-unsaturated/α-hetero) is 1. The lowest BCUT2D eigenvalue weighted by Crippen LogP contribution is -2.05. The van der Waals surface area contributed by atoms with Gasteiger partial charge in [0.15, 0.2) is 5.78 Å². The summed E-state index contributed by atoms with van der Waals surface area (Å²) in [5, 5.41) is 9.21. The number of aromatic amines is 1. The normalized spacial score (nSPS) is 12.0. The molecular formula is C24H17F3N2O2. The number of halogens is 3. The van der Waals surface area contributed by atoms with E-state index in [0.29, 0.717) is 28.0 Å². The molecule has 4 nitrogen and oxygen atoms in total. The molecule has 3 aromatic carbocycles. The van der Waals surface area contributed by atoms with Gasteiger partial charge < -0.3 is 10.1 Å². The Labute approximate surface area is 175 Å². The number of H-pyrrole nitrogens is 1. The van der Waals surface area contributed by atoms with Crippen LogP contribution in [0.2, 0.25) is 0 Å². The van der Waals surface area contributed by atoms with E-state index >= 15 is 0 Å². The van der Waals surface area contributed by atoms with Gasteiger partial charge in [-0.2, -0.15) is 13.2 Å². The number of ketones is 1. The number of fused-ring (bicyclic) bond motifs is 1. The van der Waals surface area contributed by atoms with E-state index < -0.39 is 18.3 Å². The van der Waals surface area contributed by atoms with Crippen LogP contribution in [0.25, 0.3) is 34.3 Å². The topological polar surface area (TPSA) is 66.0 Å². The number of aliphatic hydroxyl groups excluding tert-OH is 1. The van der Waals surface area contributed by atoms with E-state index in [1.807, 2.05) is 30.3 Å². The van der Waals surface area contributed by atoms with Crippen molar-refractivity contribution >= 4 is 29.0 Å². The molecule has 0 spiro atoms. The summed E-state index contributed by atoms with van der Waals surface area (Å²) in [6.07, 6.45) is -1.00. The molecule has 0 bridgehead atoms. The molecule has 7 heteroatoms. The Hall–Kier alpha value is -3.71. The smallest absolute Gasteiger partial charge is 0.388 e. The van der Waals surface area contributed by atoms with Gasteiger partial charge >= 0.3 is 6.18 Å². The molecule has 31 heavy (non-hydrogen) atoms. The summed E-state index contributed by atoms with van der Waals surface area (Å²) in [7, 11) is 0. The summed E-state index contributed by atoms with van der Waals surface area (Å²) in [6, 6.07) is 17.4. The predicted molar refractivity (Wildman–Crippen MR) is 113 cm³/mol. The lowest BCUT2D eigenvalue weighted by atomic mass is 9.97. The highest BCUT2D eigenvalue weighted by atomic mass is 19.4. The van der Waals surface area contributed by atoms with Gasteiger partial charge in [-0.05, 0) is 47.0 Å². The molecule has 0 unspecified atom stereocenters. The summed E-state index contributed by atoms with van der Waals surface area (Å²) in [6.45, 7) is -0.567. The number of nitrogens with one attached hydrogen (secondary N) is 1. The van der Waals surface area contributed by atoms with Crippen LogP contribution < -0.4 is 0 Å². The molecule has 0 atom stereocenters. The fourth-order valence-corrected chi connectivity index (χ4v) is 3.30. The first-order valence-electron chi connectivity index (χ1n) is 9.44. The molecule has 0 radical (unpaired) electrons. The highest BCUT2D eigenvalue weighted by Crippen LogP contribution is 2.30. The first-order chi connectivity index (χ1) is 14.8. The number of alkyl halides is 3. The standard InChI is InChI=1S/C24H17F3N2O2/c25-24(26,27)17-9-5-15(6-10-17)7-12-23-28-20-11-8-16(13-21(20)29-23)18-3-1-2-4-19(18)22(31)14-30/h1-13,30H,14H2,(H,28,29)/b12-7+. The van der Waals surface area contributed by atoms with E-state index in [2.05, 4.69) is 9.97 Å². The van der Waals surface area contributed by atoms with Crippen molar-refractivity contribution in [1.82, 2.24) is 9.97 Å². The number of imidazole rings is 1. The van der Waals surface area contributed by atoms with Crippen molar-refractivity contribution in [1.29, 1.82) is 0 Å². The number of aliphatic hydroxyl groups is 1. The average molecular weight is 422 g/mol. The van der Waals surface area contributed by atoms with E-state index in [-0.39, 0.29) is 5.78 Å². The Morgan fingerprint density at radius 1 is 1.00 bits per heavy atom. The van der Waals surface area contributed by atoms with Gasteiger partial charge in [-0.15, -0.1) is 0 Å². The van der Waals surface area contributed by atoms with Crippen LogP contribution in [0.5, 0.6) is 0 Å². The van der Waals surface area contributed by atoms with E-state index in [9.17, 15) is 23.1 Å². The number of carbonyl (C=O) groups is 1. The molecule has 0 amide bonds. The number of carbonyl (C=O) groups excluding carboxylic acids is 1. The minimum atomic E-state index is -4.36. The molecule has 4 rings (SSSR count). The molecule has 4 aromatic rings. The maximum atomic E-state index is 12.7. The molecule has 0 saturated heterocycles. The molecule has 0 aliphatic carbocycles. The van der Waals surface area contributed by atoms with Gasteiger partial charge in [0.05, 0.1) is 16.6 Å². The largest absolute Gasteiger partial charge is 0.416 e. The van der Waals surface area contributed by atoms with Crippen LogP contribution in [0.3, 0.4) is 0 Å². The van der Waals surface area contributed by atoms with Gasteiger partial charge in [0.25, 0.3) is 0 Å². The van der Waals surface area contributed by atoms with E-state index in [0.717, 1.165) is 23.2 Å². The van der Waals surface area contributed by atoms with E-state index in [1.54, 1.807) is 24.3 Å². The predicted octanol–water partition coefficient (Wildman–Crippen LogP) is 5.59. The molecule has 2 N–H and O–H groups in total. The molecule has 0 fully saturated rings. The van der Waals surface area contributed by atoms with Gasteiger partial charge in [0.2, 0.25) is 0 Å². The third-order valence-corrected chi connectivity index (χ3v) is 4.85. The molecule has 156 valence electrons. The van der Waals surface area contributed by atoms with Gasteiger partial charge in [-0.25, -0.2) is 4.98 Å². The van der Waals surface area contributed by atoms with Gasteiger partial charge in [-0.1, -0.05) is 48.5 Å². The number of aromatic nitrogens is 2. The van der Waals surface area contributed by atoms with Crippen LogP contribution in [0.15, 0.2) is 66.7 Å². The van der Waals surface area contributed by atoms with Crippen LogP contribution >= 0.6 is 0 Å². The van der Waals surface area contributed by atoms with Crippen LogP contribution in [0.4, 0.5) is 13.2 Å². The van der Waals surface area contributed by atoms with Crippen LogP contribution in [0.1, 0.15) is 27.3 Å². The highest BCUT2D eigenvalue weighted by molar-refractivity contribution is 6.03. The lowest BCUT2D eigenvalue weighted by Gasteiger charge is -2.07. The maximum Gasteiger partial charge on any atom is 0.416 e. The Morgan fingerprint density at radius 3 is 2.45 bits per heavy atom. The summed E-state index contributed by atoms with van der Waals surface area (Å²) in [4.78, 5) is 19.7. The lowest BCUT2D eigenvalue weighted by molar-refractivity contribution is -0.137. The fourth-order valence-electron chi connectivity index (χ4n) is 3.30. The first-order valence-corrected chi connectivity index (χ1v) is 9.44. The van der Waals surface area contributed by atoms with Gasteiger partial charge in [0.1, 0.15) is 12.4 Å². The van der Waals surface area contributed by atoms with Crippen molar-refractivity contribution in [3.05, 3.63) is 89.2 Å². The number of rotatable bonds is 5. The fraction of sp³-hybridized carbons (Fsp3) is 0.0833. The molecule has 1 heterocycles. The third-order valence-electron chi connectivity index (χ3n) is 4.85. The Balaban J connectivity index is 1.62. The van der Waals surface area contributed by atoms with Crippen molar-refractivity contribution in [3.8, 4) is 11.1 Å². The van der Waals surface area contributed by atoms with Crippen LogP contribution in [-0.4, -0.2) is 27.5 Å². The second-order valence-corrected chi connectivity index (χ2v) is 6.93. The van der Waals surface area contributed by atoms with Crippen molar-refractivity contribution < 1.29 is 23.1 Å². The SMILES string of the molecule is O=C(CO)c1ccccc1-c1ccc2nc(/C=C/c3ccc(C(F)(F)F)cc3)[nH]c2c1. The van der Waals surface area contributed by atoms with Crippen LogP contribution in [-0.2, 0) is 6.18 Å². The Morgan fingerprint density at radius 2 is 1.74 bits per heavy atom. The third kappa shape index (κ3) is 4.41. The number of nitrogens with zero attached hydrogens (tertiary/aromatic N) is 1. The highest BCUT2D eigenvalue weighted by Gasteiger charge is 2.29. The van der Waals surface area contributed by atoms with Crippen molar-refractivity contribution in [2.75, 3.05) is 6.61 Å². The zero-order valence-electron chi connectivity index (χ0n) is 16.1. The molecule has 0 saturated carbocycles. The number of hydrogen-bond acceptors (Lipinski definition) is 3. The van der Waals surface area contributed by atoms with Crippen molar-refractivity contribution in [2.45, 2.75) is 6.18 Å². The van der Waals surface area contributed by atoms with Crippen LogP contribution in [0, 0.1) is 0 Å². The Bertz CT molecular complexity index is 1270. The number of benzene rings is 3. The average Bonchev–Trinajstić information content (AvgIpc) is 3.19. The quantitative estimate of drug-likeness (QED) is 0.412. The summed E-state index contributed by atoms with van der Waals surface area (Å²) in [5.74, 6) is 0.187. The summed E-state index contributed by atoms with van der Waals surface area (Å²) in [5.41, 5.74) is 3.32. The van der Waals surface area contributed by atoms with Crippen molar-refractivity contribution in [2.24, 2.45) is 0 Å².